The molecule has 0 aliphatic rings. The van der Waals surface area contributed by atoms with Crippen molar-refractivity contribution in [1.29, 1.82) is 0 Å². The molecule has 164 valence electrons. The standard InChI is InChI=1S/C22H24ClN3O5/c1-13-7-8-16(9-14(13)2)22(30)25-11-21(29)31-12-20(28)24-10-19(27)26-18-6-4-5-17(23)15(18)3/h4-9H,10-12H2,1-3H3,(H,24,28)(H,25,30)(H,26,27). The molecule has 8 nitrogen and oxygen atoms in total. The van der Waals surface area contributed by atoms with Crippen molar-refractivity contribution >= 4 is 41.0 Å². The van der Waals surface area contributed by atoms with Gasteiger partial charge in [-0.3, -0.25) is 19.2 Å². The number of anilines is 1. The maximum atomic E-state index is 12.1. The predicted molar refractivity (Wildman–Crippen MR) is 117 cm³/mol. The normalized spacial score (nSPS) is 10.2. The Labute approximate surface area is 185 Å². The molecular weight excluding hydrogens is 422 g/mol. The number of ether oxygens (including phenoxy) is 1. The maximum Gasteiger partial charge on any atom is 0.325 e. The monoisotopic (exact) mass is 445 g/mol. The lowest BCUT2D eigenvalue weighted by Crippen LogP contribution is -2.37. The Morgan fingerprint density at radius 2 is 1.65 bits per heavy atom. The predicted octanol–water partition coefficient (Wildman–Crippen LogP) is 2.29. The summed E-state index contributed by atoms with van der Waals surface area (Å²) < 4.78 is 4.80. The van der Waals surface area contributed by atoms with Gasteiger partial charge in [0.2, 0.25) is 5.91 Å². The molecule has 9 heteroatoms. The molecule has 0 saturated heterocycles. The van der Waals surface area contributed by atoms with Crippen LogP contribution in [0.15, 0.2) is 36.4 Å². The average Bonchev–Trinajstić information content (AvgIpc) is 2.74. The fraction of sp³-hybridized carbons (Fsp3) is 0.273. The Balaban J connectivity index is 1.68. The topological polar surface area (TPSA) is 114 Å². The van der Waals surface area contributed by atoms with Gasteiger partial charge in [-0.25, -0.2) is 0 Å². The van der Waals surface area contributed by atoms with E-state index in [0.717, 1.165) is 11.1 Å². The SMILES string of the molecule is Cc1ccc(C(=O)NCC(=O)OCC(=O)NCC(=O)Nc2cccc(Cl)c2C)cc1C. The highest BCUT2D eigenvalue weighted by Crippen LogP contribution is 2.22. The number of nitrogens with one attached hydrogen (secondary N) is 3. The number of rotatable bonds is 8. The van der Waals surface area contributed by atoms with E-state index in [1.165, 1.54) is 0 Å². The number of amides is 3. The lowest BCUT2D eigenvalue weighted by molar-refractivity contribution is -0.147. The zero-order valence-electron chi connectivity index (χ0n) is 17.5. The van der Waals surface area contributed by atoms with Gasteiger partial charge >= 0.3 is 5.97 Å². The molecule has 3 N–H and O–H groups in total. The number of carbonyl (C=O) groups is 4. The lowest BCUT2D eigenvalue weighted by Gasteiger charge is -2.10. The first kappa shape index (κ1) is 23.9. The number of aryl methyl sites for hydroxylation is 2. The van der Waals surface area contributed by atoms with Gasteiger partial charge in [0.05, 0.1) is 6.54 Å². The fourth-order valence-corrected chi connectivity index (χ4v) is 2.68. The Hall–Kier alpha value is -3.39. The van der Waals surface area contributed by atoms with Crippen LogP contribution in [0.4, 0.5) is 5.69 Å². The van der Waals surface area contributed by atoms with E-state index in [2.05, 4.69) is 16.0 Å². The molecule has 3 amide bonds. The number of halogens is 1. The minimum atomic E-state index is -0.772. The first-order chi connectivity index (χ1) is 14.7. The smallest absolute Gasteiger partial charge is 0.325 e. The zero-order valence-corrected chi connectivity index (χ0v) is 18.3. The molecule has 0 aliphatic carbocycles. The minimum Gasteiger partial charge on any atom is -0.454 e. The van der Waals surface area contributed by atoms with Crippen LogP contribution in [-0.2, 0) is 19.1 Å². The van der Waals surface area contributed by atoms with Crippen molar-refractivity contribution in [2.24, 2.45) is 0 Å². The summed E-state index contributed by atoms with van der Waals surface area (Å²) >= 11 is 5.99. The Morgan fingerprint density at radius 1 is 0.903 bits per heavy atom. The summed E-state index contributed by atoms with van der Waals surface area (Å²) in [4.78, 5) is 47.5. The van der Waals surface area contributed by atoms with Crippen molar-refractivity contribution in [3.8, 4) is 0 Å². The van der Waals surface area contributed by atoms with E-state index in [-0.39, 0.29) is 13.1 Å². The molecule has 2 rings (SSSR count). The highest BCUT2D eigenvalue weighted by atomic mass is 35.5. The van der Waals surface area contributed by atoms with Gasteiger partial charge in [0.15, 0.2) is 6.61 Å². The molecule has 2 aromatic rings. The molecule has 0 bridgehead atoms. The summed E-state index contributed by atoms with van der Waals surface area (Å²) in [5.74, 6) is -2.29. The van der Waals surface area contributed by atoms with Crippen molar-refractivity contribution in [3.05, 3.63) is 63.7 Å². The second kappa shape index (κ2) is 11.1. The van der Waals surface area contributed by atoms with Crippen LogP contribution in [0, 0.1) is 20.8 Å². The van der Waals surface area contributed by atoms with Gasteiger partial charge in [0.1, 0.15) is 6.54 Å². The van der Waals surface area contributed by atoms with Crippen LogP contribution < -0.4 is 16.0 Å². The number of esters is 1. The van der Waals surface area contributed by atoms with Gasteiger partial charge in [-0.15, -0.1) is 0 Å². The molecule has 0 heterocycles. The Morgan fingerprint density at radius 3 is 2.35 bits per heavy atom. The van der Waals surface area contributed by atoms with Crippen LogP contribution in [0.1, 0.15) is 27.0 Å². The van der Waals surface area contributed by atoms with Gasteiger partial charge in [0.25, 0.3) is 11.8 Å². The van der Waals surface area contributed by atoms with Crippen LogP contribution in [0.3, 0.4) is 0 Å². The summed E-state index contributed by atoms with van der Waals surface area (Å²) in [5.41, 5.74) is 3.69. The highest BCUT2D eigenvalue weighted by Gasteiger charge is 2.13. The van der Waals surface area contributed by atoms with Crippen LogP contribution in [0.5, 0.6) is 0 Å². The number of hydrogen-bond donors (Lipinski definition) is 3. The summed E-state index contributed by atoms with van der Waals surface area (Å²) in [6, 6.07) is 10.3. The van der Waals surface area contributed by atoms with E-state index in [0.29, 0.717) is 21.8 Å². The van der Waals surface area contributed by atoms with Crippen LogP contribution in [0.2, 0.25) is 5.02 Å². The minimum absolute atomic E-state index is 0.300. The molecule has 0 radical (unpaired) electrons. The van der Waals surface area contributed by atoms with E-state index in [9.17, 15) is 19.2 Å². The first-order valence-corrected chi connectivity index (χ1v) is 9.88. The highest BCUT2D eigenvalue weighted by molar-refractivity contribution is 6.31. The van der Waals surface area contributed by atoms with Crippen molar-refractivity contribution in [2.75, 3.05) is 25.0 Å². The van der Waals surface area contributed by atoms with Gasteiger partial charge in [0, 0.05) is 16.3 Å². The summed E-state index contributed by atoms with van der Waals surface area (Å²) in [6.07, 6.45) is 0. The molecule has 0 atom stereocenters. The number of benzene rings is 2. The Bertz CT molecular complexity index is 1010. The molecule has 2 aromatic carbocycles. The molecule has 0 spiro atoms. The molecule has 0 saturated carbocycles. The molecule has 0 fully saturated rings. The van der Waals surface area contributed by atoms with Crippen molar-refractivity contribution in [1.82, 2.24) is 10.6 Å². The third-order valence-corrected chi connectivity index (χ3v) is 4.92. The van der Waals surface area contributed by atoms with Crippen molar-refractivity contribution in [3.63, 3.8) is 0 Å². The first-order valence-electron chi connectivity index (χ1n) is 9.50. The van der Waals surface area contributed by atoms with Crippen LogP contribution in [-0.4, -0.2) is 43.4 Å². The lowest BCUT2D eigenvalue weighted by atomic mass is 10.1. The molecule has 0 aromatic heterocycles. The maximum absolute atomic E-state index is 12.1. The van der Waals surface area contributed by atoms with E-state index >= 15 is 0 Å². The van der Waals surface area contributed by atoms with Crippen molar-refractivity contribution in [2.45, 2.75) is 20.8 Å². The van der Waals surface area contributed by atoms with Gasteiger partial charge < -0.3 is 20.7 Å². The number of hydrogen-bond acceptors (Lipinski definition) is 5. The summed E-state index contributed by atoms with van der Waals surface area (Å²) in [7, 11) is 0. The zero-order chi connectivity index (χ0) is 23.0. The van der Waals surface area contributed by atoms with E-state index in [1.807, 2.05) is 19.9 Å². The van der Waals surface area contributed by atoms with E-state index in [4.69, 9.17) is 16.3 Å². The number of carbonyl (C=O) groups excluding carboxylic acids is 4. The Kier molecular flexibility index (Phi) is 8.57. The molecule has 0 aliphatic heterocycles. The molecule has 31 heavy (non-hydrogen) atoms. The second-order valence-electron chi connectivity index (χ2n) is 6.88. The third kappa shape index (κ3) is 7.42. The van der Waals surface area contributed by atoms with Crippen LogP contribution in [0.25, 0.3) is 0 Å². The second-order valence-corrected chi connectivity index (χ2v) is 7.29. The van der Waals surface area contributed by atoms with Crippen molar-refractivity contribution < 1.29 is 23.9 Å². The van der Waals surface area contributed by atoms with Gasteiger partial charge in [-0.05, 0) is 61.7 Å². The molecule has 0 unspecified atom stereocenters. The quantitative estimate of drug-likeness (QED) is 0.539. The fourth-order valence-electron chi connectivity index (χ4n) is 2.50. The summed E-state index contributed by atoms with van der Waals surface area (Å²) in [6.45, 7) is 4.33. The summed E-state index contributed by atoms with van der Waals surface area (Å²) in [5, 5.41) is 7.93. The largest absolute Gasteiger partial charge is 0.454 e. The van der Waals surface area contributed by atoms with E-state index < -0.39 is 30.3 Å². The third-order valence-electron chi connectivity index (χ3n) is 4.51. The van der Waals surface area contributed by atoms with E-state index in [1.54, 1.807) is 37.3 Å². The van der Waals surface area contributed by atoms with Crippen LogP contribution >= 0.6 is 11.6 Å². The van der Waals surface area contributed by atoms with Gasteiger partial charge in [-0.1, -0.05) is 23.7 Å². The average molecular weight is 446 g/mol. The van der Waals surface area contributed by atoms with Gasteiger partial charge in [-0.2, -0.15) is 0 Å². The molecular formula is C22H24ClN3O5.